The highest BCUT2D eigenvalue weighted by Gasteiger charge is 2.43. The SMILES string of the molecule is C=CC(C)(C)c1cc2cc3c(cc2oc1=O)O[C@@](C)(CC(C)C)[C@H](OC(C)=O)C3. The number of hydrogen-bond donors (Lipinski definition) is 0. The number of fused-ring (bicyclic) bond motifs is 2. The summed E-state index contributed by atoms with van der Waals surface area (Å²) in [6, 6.07) is 5.59. The maximum absolute atomic E-state index is 12.5. The van der Waals surface area contributed by atoms with Gasteiger partial charge < -0.3 is 13.9 Å². The fourth-order valence-electron chi connectivity index (χ4n) is 4.09. The van der Waals surface area contributed by atoms with Gasteiger partial charge in [0.15, 0.2) is 0 Å². The van der Waals surface area contributed by atoms with E-state index < -0.39 is 11.0 Å². The number of esters is 1. The van der Waals surface area contributed by atoms with Crippen molar-refractivity contribution in [2.45, 2.75) is 71.5 Å². The van der Waals surface area contributed by atoms with Crippen molar-refractivity contribution in [2.24, 2.45) is 5.92 Å². The van der Waals surface area contributed by atoms with Gasteiger partial charge in [-0.15, -0.1) is 6.58 Å². The molecule has 0 amide bonds. The van der Waals surface area contributed by atoms with Crippen LogP contribution in [0.2, 0.25) is 0 Å². The molecule has 0 fully saturated rings. The Hall–Kier alpha value is -2.56. The summed E-state index contributed by atoms with van der Waals surface area (Å²) >= 11 is 0. The van der Waals surface area contributed by atoms with Crippen molar-refractivity contribution in [3.63, 3.8) is 0 Å². The van der Waals surface area contributed by atoms with Crippen molar-refractivity contribution < 1.29 is 18.7 Å². The highest BCUT2D eigenvalue weighted by Crippen LogP contribution is 2.40. The van der Waals surface area contributed by atoms with Gasteiger partial charge in [0.05, 0.1) is 0 Å². The zero-order chi connectivity index (χ0) is 21.6. The third kappa shape index (κ3) is 4.09. The van der Waals surface area contributed by atoms with E-state index in [1.807, 2.05) is 32.9 Å². The van der Waals surface area contributed by atoms with Crippen LogP contribution in [-0.2, 0) is 21.4 Å². The Kier molecular flexibility index (Phi) is 5.37. The summed E-state index contributed by atoms with van der Waals surface area (Å²) in [6.45, 7) is 15.3. The van der Waals surface area contributed by atoms with E-state index in [4.69, 9.17) is 13.9 Å². The van der Waals surface area contributed by atoms with Gasteiger partial charge in [0.25, 0.3) is 0 Å². The van der Waals surface area contributed by atoms with Gasteiger partial charge in [0.1, 0.15) is 23.0 Å². The fourth-order valence-corrected chi connectivity index (χ4v) is 4.09. The average Bonchev–Trinajstić information content (AvgIpc) is 2.59. The predicted molar refractivity (Wildman–Crippen MR) is 113 cm³/mol. The normalized spacial score (nSPS) is 21.6. The van der Waals surface area contributed by atoms with Gasteiger partial charge in [-0.3, -0.25) is 4.79 Å². The Labute approximate surface area is 171 Å². The maximum Gasteiger partial charge on any atom is 0.340 e. The van der Waals surface area contributed by atoms with Crippen LogP contribution in [0, 0.1) is 5.92 Å². The topological polar surface area (TPSA) is 65.7 Å². The lowest BCUT2D eigenvalue weighted by molar-refractivity contribution is -0.161. The fraction of sp³-hybridized carbons (Fsp3) is 0.500. The lowest BCUT2D eigenvalue weighted by Gasteiger charge is -2.42. The van der Waals surface area contributed by atoms with Gasteiger partial charge >= 0.3 is 11.6 Å². The molecule has 0 saturated heterocycles. The average molecular weight is 398 g/mol. The Bertz CT molecular complexity index is 1010. The summed E-state index contributed by atoms with van der Waals surface area (Å²) in [6.07, 6.45) is 2.64. The molecule has 0 spiro atoms. The molecule has 2 atom stereocenters. The van der Waals surface area contributed by atoms with Gasteiger partial charge in [-0.2, -0.15) is 0 Å². The molecule has 1 aromatic carbocycles. The third-order valence-electron chi connectivity index (χ3n) is 5.67. The highest BCUT2D eigenvalue weighted by atomic mass is 16.6. The lowest BCUT2D eigenvalue weighted by atomic mass is 9.82. The number of carbonyl (C=O) groups excluding carboxylic acids is 1. The Morgan fingerprint density at radius 3 is 2.66 bits per heavy atom. The predicted octanol–water partition coefficient (Wildman–Crippen LogP) is 4.93. The molecular weight excluding hydrogens is 368 g/mol. The van der Waals surface area contributed by atoms with E-state index in [-0.39, 0.29) is 17.7 Å². The van der Waals surface area contributed by atoms with Crippen LogP contribution in [0.15, 0.2) is 40.1 Å². The minimum Gasteiger partial charge on any atom is -0.483 e. The minimum absolute atomic E-state index is 0.321. The molecule has 156 valence electrons. The quantitative estimate of drug-likeness (QED) is 0.406. The minimum atomic E-state index is -0.647. The summed E-state index contributed by atoms with van der Waals surface area (Å²) in [4.78, 5) is 24.2. The lowest BCUT2D eigenvalue weighted by Crippen LogP contribution is -2.51. The summed E-state index contributed by atoms with van der Waals surface area (Å²) in [5.41, 5.74) is 0.443. The largest absolute Gasteiger partial charge is 0.483 e. The number of allylic oxidation sites excluding steroid dienone is 1. The summed E-state index contributed by atoms with van der Waals surface area (Å²) in [5, 5.41) is 0.811. The van der Waals surface area contributed by atoms with Crippen LogP contribution in [-0.4, -0.2) is 17.7 Å². The summed E-state index contributed by atoms with van der Waals surface area (Å²) < 4.78 is 17.6. The van der Waals surface area contributed by atoms with E-state index in [1.54, 1.807) is 12.1 Å². The Morgan fingerprint density at radius 2 is 2.07 bits per heavy atom. The van der Waals surface area contributed by atoms with Crippen molar-refractivity contribution in [1.29, 1.82) is 0 Å². The van der Waals surface area contributed by atoms with E-state index in [0.29, 0.717) is 29.2 Å². The van der Waals surface area contributed by atoms with Crippen LogP contribution in [0.3, 0.4) is 0 Å². The molecule has 2 heterocycles. The van der Waals surface area contributed by atoms with Gasteiger partial charge in [-0.05, 0) is 37.0 Å². The Morgan fingerprint density at radius 1 is 1.38 bits per heavy atom. The molecule has 0 unspecified atom stereocenters. The van der Waals surface area contributed by atoms with E-state index in [9.17, 15) is 9.59 Å². The second-order valence-electron chi connectivity index (χ2n) is 9.19. The van der Waals surface area contributed by atoms with E-state index in [2.05, 4.69) is 20.4 Å². The van der Waals surface area contributed by atoms with Gasteiger partial charge in [0.2, 0.25) is 0 Å². The zero-order valence-corrected chi connectivity index (χ0v) is 18.1. The molecule has 29 heavy (non-hydrogen) atoms. The first-order valence-electron chi connectivity index (χ1n) is 10.1. The molecule has 2 aromatic rings. The smallest absolute Gasteiger partial charge is 0.340 e. The van der Waals surface area contributed by atoms with Crippen LogP contribution in [0.4, 0.5) is 0 Å². The number of benzene rings is 1. The molecule has 1 aliphatic heterocycles. The molecule has 1 aromatic heterocycles. The second-order valence-corrected chi connectivity index (χ2v) is 9.19. The standard InChI is InChI=1S/C24H30O5/c1-8-23(5,6)18-10-16-9-17-11-21(27-15(4)25)24(7,13-14(2)3)29-20(17)12-19(16)28-22(18)26/h8-10,12,14,21H,1,11,13H2,2-7H3/t21-,24+/m1/s1. The first kappa shape index (κ1) is 21.2. The van der Waals surface area contributed by atoms with Crippen LogP contribution < -0.4 is 10.4 Å². The van der Waals surface area contributed by atoms with Crippen molar-refractivity contribution in [3.05, 3.63) is 52.4 Å². The first-order valence-corrected chi connectivity index (χ1v) is 10.1. The molecule has 0 N–H and O–H groups in total. The van der Waals surface area contributed by atoms with Gasteiger partial charge in [0, 0.05) is 35.8 Å². The number of ether oxygens (including phenoxy) is 2. The first-order chi connectivity index (χ1) is 13.4. The second kappa shape index (κ2) is 7.36. The van der Waals surface area contributed by atoms with Crippen molar-refractivity contribution >= 4 is 16.9 Å². The van der Waals surface area contributed by atoms with Crippen molar-refractivity contribution in [3.8, 4) is 5.75 Å². The highest BCUT2D eigenvalue weighted by molar-refractivity contribution is 5.80. The van der Waals surface area contributed by atoms with E-state index >= 15 is 0 Å². The number of rotatable bonds is 5. The van der Waals surface area contributed by atoms with Crippen LogP contribution in [0.25, 0.3) is 11.0 Å². The maximum atomic E-state index is 12.5. The molecule has 1 aliphatic rings. The third-order valence-corrected chi connectivity index (χ3v) is 5.67. The van der Waals surface area contributed by atoms with Crippen LogP contribution >= 0.6 is 0 Å². The molecule has 3 rings (SSSR count). The molecule has 0 saturated carbocycles. The van der Waals surface area contributed by atoms with Gasteiger partial charge in [-0.25, -0.2) is 4.79 Å². The molecule has 5 heteroatoms. The number of carbonyl (C=O) groups is 1. The van der Waals surface area contributed by atoms with Crippen LogP contribution in [0.5, 0.6) is 5.75 Å². The molecule has 5 nitrogen and oxygen atoms in total. The van der Waals surface area contributed by atoms with Crippen molar-refractivity contribution in [2.75, 3.05) is 0 Å². The monoisotopic (exact) mass is 398 g/mol. The summed E-state index contributed by atoms with van der Waals surface area (Å²) in [5.74, 6) is 0.712. The molecule has 0 radical (unpaired) electrons. The van der Waals surface area contributed by atoms with Crippen molar-refractivity contribution in [1.82, 2.24) is 0 Å². The molecular formula is C24H30O5. The van der Waals surface area contributed by atoms with Gasteiger partial charge in [-0.1, -0.05) is 33.8 Å². The Balaban J connectivity index is 2.12. The summed E-state index contributed by atoms with van der Waals surface area (Å²) in [7, 11) is 0. The molecule has 0 aliphatic carbocycles. The molecule has 0 bridgehead atoms. The van der Waals surface area contributed by atoms with E-state index in [0.717, 1.165) is 17.4 Å². The van der Waals surface area contributed by atoms with Crippen LogP contribution in [0.1, 0.15) is 59.1 Å². The van der Waals surface area contributed by atoms with E-state index in [1.165, 1.54) is 6.92 Å². The number of hydrogen-bond acceptors (Lipinski definition) is 5. The zero-order valence-electron chi connectivity index (χ0n) is 18.1.